The van der Waals surface area contributed by atoms with Crippen LogP contribution >= 0.6 is 12.4 Å². The molecule has 0 bridgehead atoms. The molecule has 142 valence electrons. The highest BCUT2D eigenvalue weighted by Gasteiger charge is 2.58. The summed E-state index contributed by atoms with van der Waals surface area (Å²) in [7, 11) is 0. The van der Waals surface area contributed by atoms with Crippen LogP contribution in [-0.2, 0) is 11.2 Å². The first-order chi connectivity index (χ1) is 12.7. The van der Waals surface area contributed by atoms with Crippen molar-refractivity contribution in [3.8, 4) is 11.1 Å². The summed E-state index contributed by atoms with van der Waals surface area (Å²) in [5.41, 5.74) is 4.41. The van der Waals surface area contributed by atoms with Crippen LogP contribution in [0.25, 0.3) is 11.1 Å². The molecule has 2 aromatic rings. The summed E-state index contributed by atoms with van der Waals surface area (Å²) in [6.45, 7) is 2.85. The molecule has 0 radical (unpaired) electrons. The van der Waals surface area contributed by atoms with Crippen LogP contribution in [0.1, 0.15) is 24.8 Å². The van der Waals surface area contributed by atoms with Gasteiger partial charge in [-0.25, -0.2) is 4.39 Å². The molecule has 0 aromatic heterocycles. The zero-order valence-corrected chi connectivity index (χ0v) is 16.0. The minimum Gasteiger partial charge on any atom is -0.317 e. The topological polar surface area (TPSA) is 32.3 Å². The first kappa shape index (κ1) is 18.5. The average Bonchev–Trinajstić information content (AvgIpc) is 3.18. The molecule has 3 aliphatic rings. The van der Waals surface area contributed by atoms with Gasteiger partial charge in [0, 0.05) is 18.2 Å². The van der Waals surface area contributed by atoms with Gasteiger partial charge in [0.05, 0.1) is 0 Å². The van der Waals surface area contributed by atoms with E-state index in [-0.39, 0.29) is 29.6 Å². The average molecular weight is 387 g/mol. The first-order valence-corrected chi connectivity index (χ1v) is 9.57. The quantitative estimate of drug-likeness (QED) is 0.839. The lowest BCUT2D eigenvalue weighted by atomic mass is 9.91. The Balaban J connectivity index is 0.00000180. The molecular weight excluding hydrogens is 363 g/mol. The molecule has 1 unspecified atom stereocenters. The summed E-state index contributed by atoms with van der Waals surface area (Å²) in [5, 5.41) is 3.40. The number of amides is 1. The fourth-order valence-electron chi connectivity index (χ4n) is 4.84. The van der Waals surface area contributed by atoms with Crippen molar-refractivity contribution in [1.82, 2.24) is 5.32 Å². The van der Waals surface area contributed by atoms with Crippen molar-refractivity contribution in [2.45, 2.75) is 25.7 Å². The number of carbonyl (C=O) groups is 1. The Bertz CT molecular complexity index is 878. The second-order valence-electron chi connectivity index (χ2n) is 7.96. The van der Waals surface area contributed by atoms with Crippen LogP contribution in [0.3, 0.4) is 0 Å². The number of nitrogens with one attached hydrogen (secondary N) is 1. The summed E-state index contributed by atoms with van der Waals surface area (Å²) in [4.78, 5) is 15.1. The summed E-state index contributed by atoms with van der Waals surface area (Å²) in [6.07, 6.45) is 4.19. The Labute approximate surface area is 165 Å². The Morgan fingerprint density at radius 2 is 1.89 bits per heavy atom. The minimum absolute atomic E-state index is 0. The van der Waals surface area contributed by atoms with Crippen molar-refractivity contribution < 1.29 is 9.18 Å². The predicted molar refractivity (Wildman–Crippen MR) is 108 cm³/mol. The third-order valence-electron chi connectivity index (χ3n) is 6.49. The molecule has 2 aromatic carbocycles. The van der Waals surface area contributed by atoms with Crippen LogP contribution in [0.5, 0.6) is 0 Å². The second-order valence-corrected chi connectivity index (χ2v) is 7.96. The van der Waals surface area contributed by atoms with Gasteiger partial charge >= 0.3 is 0 Å². The fraction of sp³-hybridized carbons (Fsp3) is 0.409. The second kappa shape index (κ2) is 6.92. The Morgan fingerprint density at radius 3 is 2.67 bits per heavy atom. The summed E-state index contributed by atoms with van der Waals surface area (Å²) in [5.74, 6) is 0.295. The standard InChI is InChI=1S/C22H23FN2O.ClH/c23-18-3-1-2-15(13-18)16-4-5-20-17(12-16)6-11-25(20)21(26)19-14-22(19)7-9-24-10-8-22;/h1-5,12-13,19,24H,6-11,14H2;1H. The van der Waals surface area contributed by atoms with Crippen LogP contribution < -0.4 is 10.2 Å². The number of benzene rings is 2. The van der Waals surface area contributed by atoms with Crippen molar-refractivity contribution in [3.05, 3.63) is 53.8 Å². The molecule has 1 N–H and O–H groups in total. The van der Waals surface area contributed by atoms with Gasteiger partial charge in [0.2, 0.25) is 5.91 Å². The maximum Gasteiger partial charge on any atom is 0.230 e. The molecule has 1 saturated heterocycles. The highest BCUT2D eigenvalue weighted by Crippen LogP contribution is 2.59. The summed E-state index contributed by atoms with van der Waals surface area (Å²) >= 11 is 0. The fourth-order valence-corrected chi connectivity index (χ4v) is 4.84. The van der Waals surface area contributed by atoms with Crippen molar-refractivity contribution in [3.63, 3.8) is 0 Å². The molecule has 1 saturated carbocycles. The number of carbonyl (C=O) groups excluding carboxylic acids is 1. The van der Waals surface area contributed by atoms with Gasteiger partial charge in [-0.15, -0.1) is 12.4 Å². The molecule has 27 heavy (non-hydrogen) atoms. The van der Waals surface area contributed by atoms with Gasteiger partial charge in [-0.05, 0) is 85.1 Å². The first-order valence-electron chi connectivity index (χ1n) is 9.57. The highest BCUT2D eigenvalue weighted by atomic mass is 35.5. The lowest BCUT2D eigenvalue weighted by molar-refractivity contribution is -0.120. The molecule has 1 amide bonds. The Kier molecular flexibility index (Phi) is 4.73. The number of hydrogen-bond donors (Lipinski definition) is 1. The van der Waals surface area contributed by atoms with Crippen molar-refractivity contribution in [2.24, 2.45) is 11.3 Å². The van der Waals surface area contributed by atoms with Gasteiger partial charge in [0.15, 0.2) is 0 Å². The third kappa shape index (κ3) is 3.15. The van der Waals surface area contributed by atoms with E-state index >= 15 is 0 Å². The number of piperidine rings is 1. The van der Waals surface area contributed by atoms with Crippen molar-refractivity contribution >= 4 is 24.0 Å². The smallest absolute Gasteiger partial charge is 0.230 e. The predicted octanol–water partition coefficient (Wildman–Crippen LogP) is 4.19. The lowest BCUT2D eigenvalue weighted by Gasteiger charge is -2.25. The van der Waals surface area contributed by atoms with Gasteiger partial charge in [-0.3, -0.25) is 4.79 Å². The molecule has 1 spiro atoms. The van der Waals surface area contributed by atoms with Crippen molar-refractivity contribution in [2.75, 3.05) is 24.5 Å². The molecule has 5 heteroatoms. The van der Waals surface area contributed by atoms with Crippen LogP contribution in [0, 0.1) is 17.2 Å². The number of nitrogens with zero attached hydrogens (tertiary/aromatic N) is 1. The Morgan fingerprint density at radius 1 is 1.11 bits per heavy atom. The SMILES string of the molecule is Cl.O=C(C1CC12CCNCC2)N1CCc2cc(-c3cccc(F)c3)ccc21. The number of anilines is 1. The van der Waals surface area contributed by atoms with Gasteiger partial charge in [0.25, 0.3) is 0 Å². The Hall–Kier alpha value is -1.91. The van der Waals surface area contributed by atoms with Crippen LogP contribution in [-0.4, -0.2) is 25.5 Å². The molecular formula is C22H24ClFN2O. The molecule has 2 aliphatic heterocycles. The zero-order chi connectivity index (χ0) is 17.7. The maximum atomic E-state index is 13.5. The van der Waals surface area contributed by atoms with E-state index in [1.165, 1.54) is 11.6 Å². The van der Waals surface area contributed by atoms with E-state index in [2.05, 4.69) is 11.4 Å². The van der Waals surface area contributed by atoms with Gasteiger partial charge in [-0.1, -0.05) is 18.2 Å². The van der Waals surface area contributed by atoms with E-state index < -0.39 is 0 Å². The maximum absolute atomic E-state index is 13.5. The number of halogens is 2. The largest absolute Gasteiger partial charge is 0.317 e. The van der Waals surface area contributed by atoms with Crippen molar-refractivity contribution in [1.29, 1.82) is 0 Å². The molecule has 2 heterocycles. The molecule has 1 atom stereocenters. The van der Waals surface area contributed by atoms with Gasteiger partial charge < -0.3 is 10.2 Å². The molecule has 5 rings (SSSR count). The monoisotopic (exact) mass is 386 g/mol. The number of fused-ring (bicyclic) bond motifs is 1. The number of hydrogen-bond acceptors (Lipinski definition) is 2. The zero-order valence-electron chi connectivity index (χ0n) is 15.2. The number of rotatable bonds is 2. The van der Waals surface area contributed by atoms with E-state index in [9.17, 15) is 9.18 Å². The van der Waals surface area contributed by atoms with E-state index in [0.29, 0.717) is 5.91 Å². The van der Waals surface area contributed by atoms with E-state index in [1.54, 1.807) is 12.1 Å². The van der Waals surface area contributed by atoms with E-state index in [4.69, 9.17) is 0 Å². The molecule has 2 fully saturated rings. The summed E-state index contributed by atoms with van der Waals surface area (Å²) < 4.78 is 13.5. The van der Waals surface area contributed by atoms with E-state index in [1.807, 2.05) is 23.1 Å². The summed E-state index contributed by atoms with van der Waals surface area (Å²) in [6, 6.07) is 12.8. The highest BCUT2D eigenvalue weighted by molar-refractivity contribution is 5.99. The minimum atomic E-state index is -0.221. The molecule has 3 nitrogen and oxygen atoms in total. The van der Waals surface area contributed by atoms with Crippen LogP contribution in [0.2, 0.25) is 0 Å². The van der Waals surface area contributed by atoms with Gasteiger partial charge in [-0.2, -0.15) is 0 Å². The van der Waals surface area contributed by atoms with Crippen LogP contribution in [0.4, 0.5) is 10.1 Å². The van der Waals surface area contributed by atoms with E-state index in [0.717, 1.165) is 62.1 Å². The lowest BCUT2D eigenvalue weighted by Crippen LogP contribution is -2.35. The van der Waals surface area contributed by atoms with Crippen LogP contribution in [0.15, 0.2) is 42.5 Å². The normalized spacial score (nSPS) is 22.3. The van der Waals surface area contributed by atoms with Gasteiger partial charge in [0.1, 0.15) is 5.82 Å². The molecule has 1 aliphatic carbocycles. The third-order valence-corrected chi connectivity index (χ3v) is 6.49.